The van der Waals surface area contributed by atoms with E-state index in [1.807, 2.05) is 0 Å². The third-order valence-electron chi connectivity index (χ3n) is 2.73. The Hall–Kier alpha value is -1.35. The summed E-state index contributed by atoms with van der Waals surface area (Å²) in [5, 5.41) is 0.586. The van der Waals surface area contributed by atoms with Gasteiger partial charge in [-0.3, -0.25) is 4.79 Å². The average Bonchev–Trinajstić information content (AvgIpc) is 2.65. The number of carbonyl (C=O) groups is 1. The van der Waals surface area contributed by atoms with Crippen molar-refractivity contribution in [2.45, 2.75) is 6.42 Å². The van der Waals surface area contributed by atoms with Gasteiger partial charge in [0.15, 0.2) is 11.7 Å². The van der Waals surface area contributed by atoms with E-state index in [2.05, 4.69) is 4.99 Å². The van der Waals surface area contributed by atoms with Crippen LogP contribution in [0.15, 0.2) is 23.2 Å². The molecule has 0 N–H and O–H groups in total. The van der Waals surface area contributed by atoms with Crippen molar-refractivity contribution >= 4 is 29.0 Å². The highest BCUT2D eigenvalue weighted by Gasteiger charge is 2.36. The van der Waals surface area contributed by atoms with E-state index in [1.54, 1.807) is 18.2 Å². The normalized spacial score (nSPS) is 22.9. The summed E-state index contributed by atoms with van der Waals surface area (Å²) in [5.41, 5.74) is 1.28. The molecule has 2 aliphatic heterocycles. The molecular formula is C11H8ClNO2. The Morgan fingerprint density at radius 3 is 3.20 bits per heavy atom. The molecule has 1 saturated heterocycles. The van der Waals surface area contributed by atoms with Crippen molar-refractivity contribution in [1.82, 2.24) is 0 Å². The van der Waals surface area contributed by atoms with Crippen LogP contribution in [0, 0.1) is 5.92 Å². The smallest absolute Gasteiger partial charge is 0.199 e. The number of fused-ring (bicyclic) bond motifs is 2. The Kier molecular flexibility index (Phi) is 1.83. The lowest BCUT2D eigenvalue weighted by Gasteiger charge is -2.16. The quantitative estimate of drug-likeness (QED) is 0.676. The second kappa shape index (κ2) is 3.07. The van der Waals surface area contributed by atoms with Crippen LogP contribution in [0.1, 0.15) is 16.8 Å². The van der Waals surface area contributed by atoms with Crippen LogP contribution in [0.25, 0.3) is 0 Å². The summed E-state index contributed by atoms with van der Waals surface area (Å²) >= 11 is 5.85. The molecule has 0 radical (unpaired) electrons. The number of carbonyl (C=O) groups excluding carboxylic acids is 1. The predicted octanol–water partition coefficient (Wildman–Crippen LogP) is 2.60. The maximum absolute atomic E-state index is 12.0. The summed E-state index contributed by atoms with van der Waals surface area (Å²) in [7, 11) is 0. The van der Waals surface area contributed by atoms with Crippen molar-refractivity contribution in [1.29, 1.82) is 0 Å². The van der Waals surface area contributed by atoms with E-state index in [1.165, 1.54) is 0 Å². The SMILES string of the molecule is O=C1c2ccc(Cl)cc2N=C2OCCC12. The standard InChI is InChI=1S/C11H8ClNO2/c12-6-1-2-7-9(5-6)13-11-8(10(7)14)3-4-15-11/h1-2,5,8H,3-4H2. The molecule has 2 heterocycles. The number of hydrogen-bond acceptors (Lipinski definition) is 3. The molecule has 4 heteroatoms. The van der Waals surface area contributed by atoms with Crippen molar-refractivity contribution in [2.75, 3.05) is 6.61 Å². The monoisotopic (exact) mass is 221 g/mol. The number of Topliss-reactive ketones (excluding diaryl/α,β-unsaturated/α-hetero) is 1. The van der Waals surface area contributed by atoms with Crippen LogP contribution in [0.5, 0.6) is 0 Å². The number of halogens is 1. The Bertz CT molecular complexity index is 481. The Morgan fingerprint density at radius 2 is 2.33 bits per heavy atom. The molecule has 0 spiro atoms. The van der Waals surface area contributed by atoms with Gasteiger partial charge in [-0.2, -0.15) is 0 Å². The lowest BCUT2D eigenvalue weighted by atomic mass is 9.92. The lowest BCUT2D eigenvalue weighted by Crippen LogP contribution is -2.23. The van der Waals surface area contributed by atoms with E-state index >= 15 is 0 Å². The van der Waals surface area contributed by atoms with Crippen LogP contribution < -0.4 is 0 Å². The van der Waals surface area contributed by atoms with Crippen molar-refractivity contribution in [3.63, 3.8) is 0 Å². The lowest BCUT2D eigenvalue weighted by molar-refractivity contribution is 0.0954. The summed E-state index contributed by atoms with van der Waals surface area (Å²) < 4.78 is 5.31. The molecule has 0 amide bonds. The number of ether oxygens (including phenoxy) is 1. The van der Waals surface area contributed by atoms with Crippen molar-refractivity contribution in [3.05, 3.63) is 28.8 Å². The number of ketones is 1. The van der Waals surface area contributed by atoms with Crippen molar-refractivity contribution in [2.24, 2.45) is 10.9 Å². The van der Waals surface area contributed by atoms with E-state index < -0.39 is 0 Å². The maximum atomic E-state index is 12.0. The van der Waals surface area contributed by atoms with Gasteiger partial charge in [0, 0.05) is 17.0 Å². The van der Waals surface area contributed by atoms with Gasteiger partial charge in [-0.25, -0.2) is 4.99 Å². The number of nitrogens with zero attached hydrogens (tertiary/aromatic N) is 1. The molecule has 3 rings (SSSR count). The number of hydrogen-bond donors (Lipinski definition) is 0. The highest BCUT2D eigenvalue weighted by atomic mass is 35.5. The molecule has 3 nitrogen and oxygen atoms in total. The first-order valence-corrected chi connectivity index (χ1v) is 5.18. The molecule has 15 heavy (non-hydrogen) atoms. The molecule has 0 saturated carbocycles. The zero-order chi connectivity index (χ0) is 10.4. The predicted molar refractivity (Wildman–Crippen MR) is 56.9 cm³/mol. The van der Waals surface area contributed by atoms with Gasteiger partial charge in [0.2, 0.25) is 0 Å². The molecule has 1 aromatic carbocycles. The molecule has 0 aliphatic carbocycles. The third kappa shape index (κ3) is 1.27. The van der Waals surface area contributed by atoms with Crippen LogP contribution in [-0.2, 0) is 4.74 Å². The highest BCUT2D eigenvalue weighted by Crippen LogP contribution is 2.34. The van der Waals surface area contributed by atoms with Crippen LogP contribution in [0.3, 0.4) is 0 Å². The number of rotatable bonds is 0. The van der Waals surface area contributed by atoms with E-state index in [0.29, 0.717) is 28.8 Å². The maximum Gasteiger partial charge on any atom is 0.199 e. The summed E-state index contributed by atoms with van der Waals surface area (Å²) in [6.45, 7) is 0.580. The van der Waals surface area contributed by atoms with Gasteiger partial charge in [0.25, 0.3) is 0 Å². The molecular weight excluding hydrogens is 214 g/mol. The fourth-order valence-electron chi connectivity index (χ4n) is 1.97. The topological polar surface area (TPSA) is 38.7 Å². The van der Waals surface area contributed by atoms with Crippen molar-refractivity contribution < 1.29 is 9.53 Å². The van der Waals surface area contributed by atoms with Gasteiger partial charge in [-0.15, -0.1) is 0 Å². The first-order valence-electron chi connectivity index (χ1n) is 4.81. The van der Waals surface area contributed by atoms with Crippen LogP contribution in [0.4, 0.5) is 5.69 Å². The number of aliphatic imine (C=N–C) groups is 1. The molecule has 1 unspecified atom stereocenters. The van der Waals surface area contributed by atoms with Gasteiger partial charge in [-0.1, -0.05) is 11.6 Å². The molecule has 1 aromatic rings. The van der Waals surface area contributed by atoms with Gasteiger partial charge in [0.05, 0.1) is 12.3 Å². The first-order chi connectivity index (χ1) is 7.25. The van der Waals surface area contributed by atoms with Gasteiger partial charge in [0.1, 0.15) is 5.92 Å². The Morgan fingerprint density at radius 1 is 1.47 bits per heavy atom. The summed E-state index contributed by atoms with van der Waals surface area (Å²) in [6, 6.07) is 5.15. The van der Waals surface area contributed by atoms with Crippen molar-refractivity contribution in [3.8, 4) is 0 Å². The van der Waals surface area contributed by atoms with E-state index in [0.717, 1.165) is 6.42 Å². The second-order valence-electron chi connectivity index (χ2n) is 3.67. The molecule has 1 atom stereocenters. The van der Waals surface area contributed by atoms with Gasteiger partial charge in [-0.05, 0) is 18.2 Å². The largest absolute Gasteiger partial charge is 0.480 e. The third-order valence-corrected chi connectivity index (χ3v) is 2.96. The molecule has 76 valence electrons. The van der Waals surface area contributed by atoms with Crippen LogP contribution in [-0.4, -0.2) is 18.3 Å². The molecule has 0 aromatic heterocycles. The summed E-state index contributed by atoms with van der Waals surface area (Å²) in [6.07, 6.45) is 0.736. The summed E-state index contributed by atoms with van der Waals surface area (Å²) in [5.74, 6) is 0.484. The Labute approximate surface area is 91.7 Å². The first kappa shape index (κ1) is 8.92. The average molecular weight is 222 g/mol. The summed E-state index contributed by atoms with van der Waals surface area (Å²) in [4.78, 5) is 16.3. The minimum absolute atomic E-state index is 0.101. The van der Waals surface area contributed by atoms with Crippen LogP contribution in [0.2, 0.25) is 5.02 Å². The van der Waals surface area contributed by atoms with E-state index in [-0.39, 0.29) is 11.7 Å². The molecule has 1 fully saturated rings. The second-order valence-corrected chi connectivity index (χ2v) is 4.10. The Balaban J connectivity index is 2.19. The van der Waals surface area contributed by atoms with E-state index in [9.17, 15) is 4.79 Å². The number of benzene rings is 1. The van der Waals surface area contributed by atoms with E-state index in [4.69, 9.17) is 16.3 Å². The van der Waals surface area contributed by atoms with Gasteiger partial charge < -0.3 is 4.74 Å². The van der Waals surface area contributed by atoms with Gasteiger partial charge >= 0.3 is 0 Å². The minimum Gasteiger partial charge on any atom is -0.480 e. The molecule has 0 bridgehead atoms. The minimum atomic E-state index is -0.168. The zero-order valence-corrected chi connectivity index (χ0v) is 8.62. The fraction of sp³-hybridized carbons (Fsp3) is 0.273. The van der Waals surface area contributed by atoms with Crippen LogP contribution >= 0.6 is 11.6 Å². The molecule has 2 aliphatic rings. The zero-order valence-electron chi connectivity index (χ0n) is 7.87. The highest BCUT2D eigenvalue weighted by molar-refractivity contribution is 6.31. The fourth-order valence-corrected chi connectivity index (χ4v) is 2.14.